The van der Waals surface area contributed by atoms with E-state index in [0.29, 0.717) is 12.3 Å². The molecule has 2 aromatic carbocycles. The number of nitrogens with zero attached hydrogens (tertiary/aromatic N) is 1. The van der Waals surface area contributed by atoms with Crippen molar-refractivity contribution in [1.29, 1.82) is 0 Å². The van der Waals surface area contributed by atoms with Gasteiger partial charge in [-0.3, -0.25) is 0 Å². The molecule has 0 atom stereocenters. The van der Waals surface area contributed by atoms with E-state index in [-0.39, 0.29) is 0 Å². The normalized spacial score (nSPS) is 10.3. The molecule has 0 saturated carbocycles. The Morgan fingerprint density at radius 2 is 1.95 bits per heavy atom. The van der Waals surface area contributed by atoms with Gasteiger partial charge in [0, 0.05) is 23.6 Å². The van der Waals surface area contributed by atoms with Gasteiger partial charge in [0.05, 0.1) is 12.8 Å². The summed E-state index contributed by atoms with van der Waals surface area (Å²) >= 11 is 3.42. The summed E-state index contributed by atoms with van der Waals surface area (Å²) in [6.45, 7) is 0.603. The summed E-state index contributed by atoms with van der Waals surface area (Å²) < 4.78 is 6.30. The largest absolute Gasteiger partial charge is 0.508 e. The van der Waals surface area contributed by atoms with E-state index in [0.717, 1.165) is 21.5 Å². The van der Waals surface area contributed by atoms with Gasteiger partial charge in [0.15, 0.2) is 0 Å². The van der Waals surface area contributed by atoms with Gasteiger partial charge in [0.2, 0.25) is 0 Å². The zero-order valence-electron chi connectivity index (χ0n) is 10.9. The number of ether oxygens (including phenoxy) is 1. The lowest BCUT2D eigenvalue weighted by molar-refractivity contribution is 0.414. The van der Waals surface area contributed by atoms with Gasteiger partial charge in [-0.05, 0) is 30.3 Å². The molecule has 0 radical (unpaired) electrons. The van der Waals surface area contributed by atoms with Crippen LogP contribution in [0.15, 0.2) is 46.9 Å². The van der Waals surface area contributed by atoms with Crippen LogP contribution in [0.4, 0.5) is 5.69 Å². The van der Waals surface area contributed by atoms with E-state index in [1.165, 1.54) is 0 Å². The molecule has 19 heavy (non-hydrogen) atoms. The summed E-state index contributed by atoms with van der Waals surface area (Å²) in [6.07, 6.45) is 0. The smallest absolute Gasteiger partial charge is 0.142 e. The standard InChI is InChI=1S/C15H16BrNO2/c1-17(13-5-3-4-6-15(13)19-2)10-11-9-12(16)7-8-14(11)18/h3-9,18H,10H2,1-2H3. The van der Waals surface area contributed by atoms with E-state index >= 15 is 0 Å². The van der Waals surface area contributed by atoms with Crippen molar-refractivity contribution in [3.05, 3.63) is 52.5 Å². The van der Waals surface area contributed by atoms with Crippen molar-refractivity contribution in [1.82, 2.24) is 0 Å². The fraction of sp³-hybridized carbons (Fsp3) is 0.200. The van der Waals surface area contributed by atoms with Crippen LogP contribution in [0.3, 0.4) is 0 Å². The summed E-state index contributed by atoms with van der Waals surface area (Å²) in [5.41, 5.74) is 1.85. The quantitative estimate of drug-likeness (QED) is 0.929. The van der Waals surface area contributed by atoms with Crippen LogP contribution in [-0.2, 0) is 6.54 Å². The van der Waals surface area contributed by atoms with Gasteiger partial charge >= 0.3 is 0 Å². The maximum atomic E-state index is 9.88. The first kappa shape index (κ1) is 13.7. The lowest BCUT2D eigenvalue weighted by Gasteiger charge is -2.22. The van der Waals surface area contributed by atoms with Crippen LogP contribution in [0.25, 0.3) is 0 Å². The maximum Gasteiger partial charge on any atom is 0.142 e. The van der Waals surface area contributed by atoms with Crippen LogP contribution in [0.1, 0.15) is 5.56 Å². The highest BCUT2D eigenvalue weighted by Gasteiger charge is 2.10. The van der Waals surface area contributed by atoms with Gasteiger partial charge in [-0.2, -0.15) is 0 Å². The summed E-state index contributed by atoms with van der Waals surface area (Å²) in [6, 6.07) is 13.3. The SMILES string of the molecule is COc1ccccc1N(C)Cc1cc(Br)ccc1O. The number of rotatable bonds is 4. The molecule has 0 heterocycles. The molecule has 0 unspecified atom stereocenters. The second-order valence-electron chi connectivity index (χ2n) is 4.30. The Labute approximate surface area is 121 Å². The third-order valence-electron chi connectivity index (χ3n) is 2.95. The predicted octanol–water partition coefficient (Wildman–Crippen LogP) is 3.80. The number of methoxy groups -OCH3 is 1. The number of halogens is 1. The highest BCUT2D eigenvalue weighted by Crippen LogP contribution is 2.30. The van der Waals surface area contributed by atoms with Gasteiger partial charge in [0.25, 0.3) is 0 Å². The number of anilines is 1. The minimum Gasteiger partial charge on any atom is -0.508 e. The lowest BCUT2D eigenvalue weighted by Crippen LogP contribution is -2.17. The number of hydrogen-bond acceptors (Lipinski definition) is 3. The van der Waals surface area contributed by atoms with E-state index < -0.39 is 0 Å². The minimum atomic E-state index is 0.296. The van der Waals surface area contributed by atoms with E-state index in [9.17, 15) is 5.11 Å². The van der Waals surface area contributed by atoms with Gasteiger partial charge in [-0.15, -0.1) is 0 Å². The Morgan fingerprint density at radius 1 is 1.21 bits per heavy atom. The average Bonchev–Trinajstić information content (AvgIpc) is 2.42. The van der Waals surface area contributed by atoms with Crippen LogP contribution in [0, 0.1) is 0 Å². The fourth-order valence-corrected chi connectivity index (χ4v) is 2.38. The number of para-hydroxylation sites is 2. The van der Waals surface area contributed by atoms with Crippen molar-refractivity contribution < 1.29 is 9.84 Å². The fourth-order valence-electron chi connectivity index (χ4n) is 1.97. The molecule has 0 bridgehead atoms. The highest BCUT2D eigenvalue weighted by atomic mass is 79.9. The van der Waals surface area contributed by atoms with E-state index in [2.05, 4.69) is 15.9 Å². The van der Waals surface area contributed by atoms with Crippen LogP contribution in [0.2, 0.25) is 0 Å². The third-order valence-corrected chi connectivity index (χ3v) is 3.44. The van der Waals surface area contributed by atoms with Crippen molar-refractivity contribution in [2.75, 3.05) is 19.1 Å². The molecule has 0 aliphatic rings. The molecule has 100 valence electrons. The van der Waals surface area contributed by atoms with Crippen molar-refractivity contribution in [3.8, 4) is 11.5 Å². The van der Waals surface area contributed by atoms with Crippen molar-refractivity contribution in [2.45, 2.75) is 6.54 Å². The number of hydrogen-bond donors (Lipinski definition) is 1. The second-order valence-corrected chi connectivity index (χ2v) is 5.22. The Balaban J connectivity index is 2.25. The Hall–Kier alpha value is -1.68. The number of phenols is 1. The first-order chi connectivity index (χ1) is 9.11. The minimum absolute atomic E-state index is 0.296. The van der Waals surface area contributed by atoms with Crippen LogP contribution in [-0.4, -0.2) is 19.3 Å². The summed E-state index contributed by atoms with van der Waals surface area (Å²) in [5, 5.41) is 9.88. The zero-order chi connectivity index (χ0) is 13.8. The molecule has 2 aromatic rings. The molecule has 1 N–H and O–H groups in total. The number of benzene rings is 2. The van der Waals surface area contributed by atoms with E-state index in [1.54, 1.807) is 13.2 Å². The van der Waals surface area contributed by atoms with Gasteiger partial charge in [-0.1, -0.05) is 28.1 Å². The summed E-state index contributed by atoms with van der Waals surface area (Å²) in [4.78, 5) is 2.04. The molecular formula is C15H16BrNO2. The van der Waals surface area contributed by atoms with Crippen molar-refractivity contribution in [3.63, 3.8) is 0 Å². The van der Waals surface area contributed by atoms with Gasteiger partial charge in [-0.25, -0.2) is 0 Å². The predicted molar refractivity (Wildman–Crippen MR) is 80.9 cm³/mol. The first-order valence-electron chi connectivity index (χ1n) is 5.93. The Bertz CT molecular complexity index is 572. The molecule has 3 nitrogen and oxygen atoms in total. The number of phenolic OH excluding ortho intramolecular Hbond substituents is 1. The molecule has 0 aliphatic heterocycles. The van der Waals surface area contributed by atoms with Crippen LogP contribution in [0.5, 0.6) is 11.5 Å². The molecule has 0 spiro atoms. The molecule has 4 heteroatoms. The van der Waals surface area contributed by atoms with Crippen LogP contribution >= 0.6 is 15.9 Å². The first-order valence-corrected chi connectivity index (χ1v) is 6.72. The number of aromatic hydroxyl groups is 1. The van der Waals surface area contributed by atoms with Gasteiger partial charge in [0.1, 0.15) is 11.5 Å². The van der Waals surface area contributed by atoms with E-state index in [4.69, 9.17) is 4.74 Å². The molecule has 0 fully saturated rings. The van der Waals surface area contributed by atoms with Gasteiger partial charge < -0.3 is 14.7 Å². The Kier molecular flexibility index (Phi) is 4.32. The average molecular weight is 322 g/mol. The molecule has 0 aromatic heterocycles. The maximum absolute atomic E-state index is 9.88. The molecule has 2 rings (SSSR count). The van der Waals surface area contributed by atoms with Crippen LogP contribution < -0.4 is 9.64 Å². The van der Waals surface area contributed by atoms with Crippen molar-refractivity contribution >= 4 is 21.6 Å². The topological polar surface area (TPSA) is 32.7 Å². The molecule has 0 aliphatic carbocycles. The third kappa shape index (κ3) is 3.20. The molecule has 0 saturated heterocycles. The van der Waals surface area contributed by atoms with Crippen molar-refractivity contribution in [2.24, 2.45) is 0 Å². The second kappa shape index (κ2) is 5.97. The molecule has 0 amide bonds. The lowest BCUT2D eigenvalue weighted by atomic mass is 10.1. The monoisotopic (exact) mass is 321 g/mol. The zero-order valence-corrected chi connectivity index (χ0v) is 12.5. The Morgan fingerprint density at radius 3 is 2.68 bits per heavy atom. The highest BCUT2D eigenvalue weighted by molar-refractivity contribution is 9.10. The molecular weight excluding hydrogens is 306 g/mol. The van der Waals surface area contributed by atoms with E-state index in [1.807, 2.05) is 48.3 Å². The summed E-state index contributed by atoms with van der Waals surface area (Å²) in [5.74, 6) is 1.12. The summed E-state index contributed by atoms with van der Waals surface area (Å²) in [7, 11) is 3.63.